The van der Waals surface area contributed by atoms with E-state index in [1.54, 1.807) is 0 Å². The Hall–Kier alpha value is -0.135. The lowest BCUT2D eigenvalue weighted by atomic mass is 10.1. The molecule has 0 aromatic heterocycles. The molecule has 0 fully saturated rings. The van der Waals surface area contributed by atoms with Crippen molar-refractivity contribution in [1.82, 2.24) is 0 Å². The molecule has 232 valence electrons. The van der Waals surface area contributed by atoms with Crippen molar-refractivity contribution in [2.24, 2.45) is 0 Å². The van der Waals surface area contributed by atoms with Gasteiger partial charge in [0, 0.05) is 0 Å². The minimum Gasteiger partial charge on any atom is -0.871 e. The molecule has 1 N–H and O–H groups in total. The average Bonchev–Trinajstić information content (AvgIpc) is 2.91. The van der Waals surface area contributed by atoms with Crippen molar-refractivity contribution in [2.45, 2.75) is 158 Å². The van der Waals surface area contributed by atoms with Crippen LogP contribution in [0.25, 0.3) is 0 Å². The predicted octanol–water partition coefficient (Wildman–Crippen LogP) is 6.69. The van der Waals surface area contributed by atoms with Gasteiger partial charge in [-0.15, -0.1) is 0 Å². The number of hydrogen-bond acceptors (Lipinski definition) is 3. The number of hydrogen-bond donors (Lipinski definition) is 1. The van der Waals surface area contributed by atoms with Crippen molar-refractivity contribution in [1.29, 1.82) is 0 Å². The molecule has 0 atom stereocenters. The molecule has 0 radical (unpaired) electrons. The van der Waals surface area contributed by atoms with Crippen LogP contribution in [0.3, 0.4) is 0 Å². The van der Waals surface area contributed by atoms with Crippen molar-refractivity contribution < 1.29 is 24.0 Å². The molecule has 0 saturated heterocycles. The molecule has 0 heterocycles. The van der Waals surface area contributed by atoms with E-state index in [0.29, 0.717) is 0 Å². The zero-order chi connectivity index (χ0) is 29.5. The number of rotatable bonds is 24. The molecule has 0 aliphatic heterocycles. The molecule has 0 amide bonds. The predicted molar refractivity (Wildman–Crippen MR) is 167 cm³/mol. The van der Waals surface area contributed by atoms with Gasteiger partial charge in [0.15, 0.2) is 0 Å². The second-order valence-electron chi connectivity index (χ2n) is 11.6. The number of nitrogens with zero attached hydrogens (tertiary/aromatic N) is 2. The van der Waals surface area contributed by atoms with E-state index in [-0.39, 0.29) is 0 Å². The third kappa shape index (κ3) is 27.4. The summed E-state index contributed by atoms with van der Waals surface area (Å²) in [5.41, 5.74) is 0. The smallest absolute Gasteiger partial charge is 0.0786 e. The van der Waals surface area contributed by atoms with Crippen molar-refractivity contribution in [3.05, 3.63) is 0 Å². The van der Waals surface area contributed by atoms with Gasteiger partial charge in [0.2, 0.25) is 0 Å². The normalized spacial score (nSPS) is 11.4. The van der Waals surface area contributed by atoms with Gasteiger partial charge in [-0.1, -0.05) is 107 Å². The van der Waals surface area contributed by atoms with E-state index in [9.17, 15) is 0 Å². The molecule has 0 aliphatic carbocycles. The lowest BCUT2D eigenvalue weighted by Crippen LogP contribution is -2.50. The van der Waals surface area contributed by atoms with Crippen molar-refractivity contribution in [2.75, 3.05) is 52.4 Å². The van der Waals surface area contributed by atoms with Crippen LogP contribution in [0.1, 0.15) is 158 Å². The average molecular weight is 545 g/mol. The van der Waals surface area contributed by atoms with Crippen LogP contribution in [0.4, 0.5) is 0 Å². The molecule has 5 nitrogen and oxygen atoms in total. The van der Waals surface area contributed by atoms with Crippen molar-refractivity contribution >= 4 is 7.32 Å². The molecule has 0 bridgehead atoms. The van der Waals surface area contributed by atoms with Gasteiger partial charge >= 0.3 is 0 Å². The van der Waals surface area contributed by atoms with Crippen molar-refractivity contribution in [3.63, 3.8) is 0 Å². The number of quaternary nitrogens is 2. The molecule has 0 spiro atoms. The first-order chi connectivity index (χ1) is 18.2. The summed E-state index contributed by atoms with van der Waals surface area (Å²) in [4.78, 5) is 0. The van der Waals surface area contributed by atoms with E-state index in [4.69, 9.17) is 15.1 Å². The Morgan fingerprint density at radius 3 is 0.553 bits per heavy atom. The topological polar surface area (TPSA) is 66.3 Å². The maximum absolute atomic E-state index is 8.53. The van der Waals surface area contributed by atoms with E-state index >= 15 is 0 Å². The van der Waals surface area contributed by atoms with Crippen LogP contribution in [0.15, 0.2) is 0 Å². The Labute approximate surface area is 241 Å². The quantitative estimate of drug-likeness (QED) is 0.109. The van der Waals surface area contributed by atoms with E-state index in [2.05, 4.69) is 55.4 Å². The fourth-order valence-electron chi connectivity index (χ4n) is 5.29. The van der Waals surface area contributed by atoms with E-state index in [1.807, 2.05) is 0 Å². The first-order valence-electron chi connectivity index (χ1n) is 16.9. The van der Waals surface area contributed by atoms with Crippen LogP contribution in [0, 0.1) is 0 Å². The maximum atomic E-state index is 8.53. The summed E-state index contributed by atoms with van der Waals surface area (Å²) in [6.45, 7) is 30.0. The molecule has 0 aromatic carbocycles. The number of unbranched alkanes of at least 4 members (excludes halogenated alkanes) is 8. The minimum atomic E-state index is -2.67. The van der Waals surface area contributed by atoms with Crippen LogP contribution >= 0.6 is 0 Å². The molecule has 38 heavy (non-hydrogen) atoms. The van der Waals surface area contributed by atoms with Crippen LogP contribution in [0.2, 0.25) is 0 Å². The highest BCUT2D eigenvalue weighted by atomic mass is 16.5. The summed E-state index contributed by atoms with van der Waals surface area (Å²) < 4.78 is 2.84. The summed E-state index contributed by atoms with van der Waals surface area (Å²) in [7, 11) is -2.67. The molecule has 0 saturated carbocycles. The lowest BCUT2D eigenvalue weighted by Gasteiger charge is -2.39. The van der Waals surface area contributed by atoms with Gasteiger partial charge in [0.25, 0.3) is 0 Å². The van der Waals surface area contributed by atoms with Gasteiger partial charge in [-0.05, 0) is 51.4 Å². The Balaban J connectivity index is -0.000000564. The molecular weight excluding hydrogens is 471 g/mol. The molecule has 0 unspecified atom stereocenters. The maximum Gasteiger partial charge on any atom is 0.0786 e. The van der Waals surface area contributed by atoms with Gasteiger partial charge in [-0.3, -0.25) is 0 Å². The zero-order valence-electron chi connectivity index (χ0n) is 27.7. The summed E-state index contributed by atoms with van der Waals surface area (Å²) in [5, 5.41) is 24.0. The van der Waals surface area contributed by atoms with Crippen LogP contribution in [-0.4, -0.2) is 73.7 Å². The lowest BCUT2D eigenvalue weighted by molar-refractivity contribution is -0.929. The second kappa shape index (κ2) is 31.4. The fraction of sp³-hybridized carbons (Fsp3) is 1.00. The monoisotopic (exact) mass is 545 g/mol. The van der Waals surface area contributed by atoms with Crippen molar-refractivity contribution in [3.8, 4) is 0 Å². The van der Waals surface area contributed by atoms with E-state index in [1.165, 1.54) is 164 Å². The van der Waals surface area contributed by atoms with Gasteiger partial charge in [0.1, 0.15) is 0 Å². The summed E-state index contributed by atoms with van der Waals surface area (Å²) in [6.07, 6.45) is 22.1. The van der Waals surface area contributed by atoms with Crippen LogP contribution in [0.5, 0.6) is 0 Å². The highest BCUT2D eigenvalue weighted by Gasteiger charge is 2.25. The van der Waals surface area contributed by atoms with Gasteiger partial charge in [0.05, 0.1) is 59.7 Å². The summed E-state index contributed by atoms with van der Waals surface area (Å²) in [6, 6.07) is 0. The van der Waals surface area contributed by atoms with Gasteiger partial charge < -0.3 is 24.0 Å². The second-order valence-corrected chi connectivity index (χ2v) is 11.6. The minimum absolute atomic E-state index is 1.35. The highest BCUT2D eigenvalue weighted by molar-refractivity contribution is 6.26. The van der Waals surface area contributed by atoms with Crippen LogP contribution in [-0.2, 0) is 0 Å². The zero-order valence-corrected chi connectivity index (χ0v) is 27.7. The van der Waals surface area contributed by atoms with Crippen LogP contribution < -0.4 is 10.0 Å². The first-order valence-corrected chi connectivity index (χ1v) is 16.9. The first kappa shape index (κ1) is 42.3. The third-order valence-electron chi connectivity index (χ3n) is 7.89. The molecule has 0 aromatic rings. The van der Waals surface area contributed by atoms with E-state index in [0.717, 1.165) is 0 Å². The standard InChI is InChI=1S/2C16H36N.BHO3/c2*1-5-9-13-17(14-10-6-2,15-11-7-3)16-12-8-4;2-1(3)4/h2*5-16H2,1-4H3;2H/q2*+1;-2. The fourth-order valence-corrected chi connectivity index (χ4v) is 5.29. The largest absolute Gasteiger partial charge is 0.871 e. The molecule has 6 heteroatoms. The van der Waals surface area contributed by atoms with Gasteiger partial charge in [-0.25, -0.2) is 0 Å². The van der Waals surface area contributed by atoms with E-state index < -0.39 is 7.32 Å². The Bertz CT molecular complexity index is 325. The summed E-state index contributed by atoms with van der Waals surface area (Å²) in [5.74, 6) is 0. The molecule has 0 aliphatic rings. The Morgan fingerprint density at radius 2 is 0.474 bits per heavy atom. The molecular formula is C32H73BN2O3. The Morgan fingerprint density at radius 1 is 0.368 bits per heavy atom. The summed E-state index contributed by atoms with van der Waals surface area (Å²) >= 11 is 0. The highest BCUT2D eigenvalue weighted by Crippen LogP contribution is 2.17. The SMILES string of the molecule is CCCC[N+](CCCC)(CCCC)CCCC.CCCC[N+](CCCC)(CCCC)CCCC.[O-]B([O-])O. The Kier molecular flexibility index (Phi) is 35.0. The molecule has 0 rings (SSSR count). The third-order valence-corrected chi connectivity index (χ3v) is 7.89. The van der Waals surface area contributed by atoms with Gasteiger partial charge in [-0.2, -0.15) is 0 Å².